The van der Waals surface area contributed by atoms with Crippen molar-refractivity contribution in [2.24, 2.45) is 5.41 Å². The molecule has 0 unspecified atom stereocenters. The van der Waals surface area contributed by atoms with Gasteiger partial charge in [0.25, 0.3) is 0 Å². The summed E-state index contributed by atoms with van der Waals surface area (Å²) < 4.78 is 16.4. The second-order valence-electron chi connectivity index (χ2n) is 7.50. The fourth-order valence-electron chi connectivity index (χ4n) is 2.68. The van der Waals surface area contributed by atoms with Crippen molar-refractivity contribution in [1.82, 2.24) is 4.90 Å². The normalized spacial score (nSPS) is 20.6. The minimum absolute atomic E-state index is 0.105. The lowest BCUT2D eigenvalue weighted by atomic mass is 9.93. The Morgan fingerprint density at radius 1 is 1.24 bits per heavy atom. The third-order valence-corrected chi connectivity index (χ3v) is 3.78. The van der Waals surface area contributed by atoms with Crippen molar-refractivity contribution in [1.29, 1.82) is 0 Å². The molecule has 6 nitrogen and oxygen atoms in total. The summed E-state index contributed by atoms with van der Waals surface area (Å²) in [7, 11) is 0. The first kappa shape index (κ1) is 19.2. The Morgan fingerprint density at radius 2 is 1.88 bits per heavy atom. The molecular formula is C19H27NO5. The second-order valence-corrected chi connectivity index (χ2v) is 7.50. The number of benzene rings is 1. The topological polar surface area (TPSA) is 65.1 Å². The van der Waals surface area contributed by atoms with Crippen LogP contribution in [0.15, 0.2) is 30.3 Å². The van der Waals surface area contributed by atoms with E-state index in [1.807, 2.05) is 51.1 Å². The van der Waals surface area contributed by atoms with E-state index in [0.29, 0.717) is 0 Å². The van der Waals surface area contributed by atoms with Gasteiger partial charge < -0.3 is 14.2 Å². The van der Waals surface area contributed by atoms with Crippen LogP contribution in [0.5, 0.6) is 0 Å². The first-order chi connectivity index (χ1) is 11.7. The van der Waals surface area contributed by atoms with E-state index in [1.165, 1.54) is 4.90 Å². The predicted octanol–water partition coefficient (Wildman–Crippen LogP) is 3.35. The van der Waals surface area contributed by atoms with E-state index in [2.05, 4.69) is 0 Å². The molecule has 1 aromatic rings. The van der Waals surface area contributed by atoms with Gasteiger partial charge in [0, 0.05) is 5.41 Å². The van der Waals surface area contributed by atoms with E-state index < -0.39 is 24.3 Å². The predicted molar refractivity (Wildman–Crippen MR) is 92.7 cm³/mol. The lowest BCUT2D eigenvalue weighted by Gasteiger charge is -2.34. The molecule has 1 saturated heterocycles. The Morgan fingerprint density at radius 3 is 2.44 bits per heavy atom. The van der Waals surface area contributed by atoms with Crippen molar-refractivity contribution >= 4 is 12.1 Å². The third-order valence-electron chi connectivity index (χ3n) is 3.78. The Labute approximate surface area is 149 Å². The molecular weight excluding hydrogens is 322 g/mol. The van der Waals surface area contributed by atoms with E-state index in [1.54, 1.807) is 13.8 Å². The van der Waals surface area contributed by atoms with Crippen molar-refractivity contribution in [2.45, 2.75) is 59.6 Å². The molecule has 0 N–H and O–H groups in total. The molecule has 6 heteroatoms. The van der Waals surface area contributed by atoms with Gasteiger partial charge in [-0.15, -0.1) is 0 Å². The molecule has 138 valence electrons. The molecule has 0 spiro atoms. The molecule has 2 rings (SSSR count). The highest BCUT2D eigenvalue weighted by Crippen LogP contribution is 2.33. The number of carbonyl (C=O) groups excluding carboxylic acids is 2. The molecule has 1 heterocycles. The van der Waals surface area contributed by atoms with Crippen LogP contribution in [0.3, 0.4) is 0 Å². The van der Waals surface area contributed by atoms with Crippen molar-refractivity contribution in [3.63, 3.8) is 0 Å². The van der Waals surface area contributed by atoms with Gasteiger partial charge in [0.05, 0.1) is 12.7 Å². The summed E-state index contributed by atoms with van der Waals surface area (Å²) in [6.07, 6.45) is -1.39. The average Bonchev–Trinajstić information content (AvgIpc) is 2.98. The van der Waals surface area contributed by atoms with Crippen LogP contribution in [0, 0.1) is 5.41 Å². The van der Waals surface area contributed by atoms with Crippen LogP contribution in [0.25, 0.3) is 0 Å². The van der Waals surface area contributed by atoms with E-state index in [-0.39, 0.29) is 24.7 Å². The standard InChI is InChI=1S/C19H27NO5/c1-13(2)25-16(21)15-12-23-17(19(3,4)5)20(15)18(22)24-11-14-9-7-6-8-10-14/h6-10,13,15,17H,11-12H2,1-5H3/t15-,17+/m1/s1. The first-order valence-corrected chi connectivity index (χ1v) is 8.51. The van der Waals surface area contributed by atoms with Crippen LogP contribution in [-0.4, -0.2) is 41.9 Å². The lowest BCUT2D eigenvalue weighted by molar-refractivity contribution is -0.152. The summed E-state index contributed by atoms with van der Waals surface area (Å²) in [5.41, 5.74) is 0.517. The molecule has 0 aromatic heterocycles. The van der Waals surface area contributed by atoms with E-state index in [0.717, 1.165) is 5.56 Å². The maximum absolute atomic E-state index is 12.7. The molecule has 0 radical (unpaired) electrons. The molecule has 0 aliphatic carbocycles. The SMILES string of the molecule is CC(C)OC(=O)[C@H]1CO[C@@H](C(C)(C)C)N1C(=O)OCc1ccccc1. The van der Waals surface area contributed by atoms with Gasteiger partial charge in [0.15, 0.2) is 6.04 Å². The number of rotatable bonds is 4. The summed E-state index contributed by atoms with van der Waals surface area (Å²) in [6.45, 7) is 9.63. The summed E-state index contributed by atoms with van der Waals surface area (Å²) in [6, 6.07) is 8.60. The Bertz CT molecular complexity index is 594. The molecule has 1 fully saturated rings. The summed E-state index contributed by atoms with van der Waals surface area (Å²) in [4.78, 5) is 26.4. The van der Waals surface area contributed by atoms with Gasteiger partial charge in [-0.1, -0.05) is 51.1 Å². The average molecular weight is 349 g/mol. The van der Waals surface area contributed by atoms with Crippen molar-refractivity contribution in [3.8, 4) is 0 Å². The second kappa shape index (κ2) is 7.87. The fourth-order valence-corrected chi connectivity index (χ4v) is 2.68. The van der Waals surface area contributed by atoms with Crippen molar-refractivity contribution in [3.05, 3.63) is 35.9 Å². The summed E-state index contributed by atoms with van der Waals surface area (Å²) in [5, 5.41) is 0. The lowest BCUT2D eigenvalue weighted by Crippen LogP contribution is -2.51. The number of hydrogen-bond acceptors (Lipinski definition) is 5. The molecule has 0 saturated carbocycles. The zero-order valence-electron chi connectivity index (χ0n) is 15.5. The molecule has 1 amide bonds. The van der Waals surface area contributed by atoms with E-state index in [4.69, 9.17) is 14.2 Å². The summed E-state index contributed by atoms with van der Waals surface area (Å²) in [5.74, 6) is -0.474. The van der Waals surface area contributed by atoms with Gasteiger partial charge in [-0.05, 0) is 19.4 Å². The highest BCUT2D eigenvalue weighted by molar-refractivity contribution is 5.82. The largest absolute Gasteiger partial charge is 0.461 e. The smallest absolute Gasteiger partial charge is 0.413 e. The zero-order valence-corrected chi connectivity index (χ0v) is 15.5. The van der Waals surface area contributed by atoms with Gasteiger partial charge in [-0.2, -0.15) is 0 Å². The Balaban J connectivity index is 2.13. The minimum atomic E-state index is -0.796. The highest BCUT2D eigenvalue weighted by atomic mass is 16.6. The van der Waals surface area contributed by atoms with E-state index in [9.17, 15) is 9.59 Å². The van der Waals surface area contributed by atoms with Gasteiger partial charge in [0.2, 0.25) is 0 Å². The van der Waals surface area contributed by atoms with Gasteiger partial charge in [-0.25, -0.2) is 9.59 Å². The fraction of sp³-hybridized carbons (Fsp3) is 0.579. The van der Waals surface area contributed by atoms with Crippen molar-refractivity contribution in [2.75, 3.05) is 6.61 Å². The van der Waals surface area contributed by atoms with Crippen molar-refractivity contribution < 1.29 is 23.8 Å². The number of ether oxygens (including phenoxy) is 3. The summed E-state index contributed by atoms with van der Waals surface area (Å²) >= 11 is 0. The monoisotopic (exact) mass is 349 g/mol. The number of nitrogens with zero attached hydrogens (tertiary/aromatic N) is 1. The molecule has 1 aromatic carbocycles. The molecule has 25 heavy (non-hydrogen) atoms. The van der Waals surface area contributed by atoms with Crippen LogP contribution >= 0.6 is 0 Å². The highest BCUT2D eigenvalue weighted by Gasteiger charge is 2.48. The van der Waals surface area contributed by atoms with Crippen LogP contribution < -0.4 is 0 Å². The van der Waals surface area contributed by atoms with Crippen LogP contribution in [0.4, 0.5) is 4.79 Å². The molecule has 1 aliphatic rings. The van der Waals surface area contributed by atoms with Gasteiger partial charge in [0.1, 0.15) is 12.8 Å². The number of amides is 1. The quantitative estimate of drug-likeness (QED) is 0.780. The third kappa shape index (κ3) is 4.95. The first-order valence-electron chi connectivity index (χ1n) is 8.51. The van der Waals surface area contributed by atoms with Gasteiger partial charge in [-0.3, -0.25) is 4.90 Å². The minimum Gasteiger partial charge on any atom is -0.461 e. The van der Waals surface area contributed by atoms with Gasteiger partial charge >= 0.3 is 12.1 Å². The number of esters is 1. The Hall–Kier alpha value is -2.08. The van der Waals surface area contributed by atoms with Crippen LogP contribution in [0.1, 0.15) is 40.2 Å². The molecule has 2 atom stereocenters. The van der Waals surface area contributed by atoms with Crippen LogP contribution in [0.2, 0.25) is 0 Å². The van der Waals surface area contributed by atoms with E-state index >= 15 is 0 Å². The maximum atomic E-state index is 12.7. The zero-order chi connectivity index (χ0) is 18.6. The number of carbonyl (C=O) groups is 2. The Kier molecular flexibility index (Phi) is 6.06. The maximum Gasteiger partial charge on any atom is 0.413 e. The number of hydrogen-bond donors (Lipinski definition) is 0. The van der Waals surface area contributed by atoms with Crippen LogP contribution in [-0.2, 0) is 25.6 Å². The molecule has 0 bridgehead atoms. The molecule has 1 aliphatic heterocycles.